The molecule has 2 aromatic carbocycles. The first-order chi connectivity index (χ1) is 16.8. The van der Waals surface area contributed by atoms with Crippen LogP contribution < -0.4 is 35.9 Å². The highest BCUT2D eigenvalue weighted by molar-refractivity contribution is 5.92. The van der Waals surface area contributed by atoms with Crippen molar-refractivity contribution in [1.82, 2.24) is 15.3 Å². The van der Waals surface area contributed by atoms with Gasteiger partial charge in [0.15, 0.2) is 17.3 Å². The lowest BCUT2D eigenvalue weighted by molar-refractivity contribution is -0.119. The average Bonchev–Trinajstić information content (AvgIpc) is 2.84. The maximum Gasteiger partial charge on any atom is 0.319 e. The molecule has 0 aliphatic heterocycles. The lowest BCUT2D eigenvalue weighted by Gasteiger charge is -2.21. The Morgan fingerprint density at radius 1 is 1.00 bits per heavy atom. The van der Waals surface area contributed by atoms with Gasteiger partial charge in [-0.3, -0.25) is 4.79 Å². The SMILES string of the molecule is COc1cc(NC(=O)NCc2nc(N[C@H](C(N)=O)C(C)C)c3ccccc3n2)cc(OC)c1OC. The summed E-state index contributed by atoms with van der Waals surface area (Å²) >= 11 is 0. The molecule has 0 spiro atoms. The number of nitrogens with zero attached hydrogens (tertiary/aromatic N) is 2. The summed E-state index contributed by atoms with van der Waals surface area (Å²) in [6.45, 7) is 3.82. The third-order valence-electron chi connectivity index (χ3n) is 5.24. The fourth-order valence-corrected chi connectivity index (χ4v) is 3.52. The van der Waals surface area contributed by atoms with Gasteiger partial charge in [0, 0.05) is 17.5 Å². The standard InChI is InChI=1S/C24H30N6O5/c1-13(2)20(22(25)31)30-23-15-8-6-7-9-16(15)28-19(29-23)12-26-24(32)27-14-10-17(33-3)21(35-5)18(11-14)34-4/h6-11,13,20H,12H2,1-5H3,(H2,25,31)(H2,26,27,32)(H,28,29,30)/t20-/m0/s1. The summed E-state index contributed by atoms with van der Waals surface area (Å²) in [6.07, 6.45) is 0. The van der Waals surface area contributed by atoms with Crippen LogP contribution in [0.5, 0.6) is 17.2 Å². The maximum atomic E-state index is 12.6. The van der Waals surface area contributed by atoms with Crippen LogP contribution in [0.1, 0.15) is 19.7 Å². The third-order valence-corrected chi connectivity index (χ3v) is 5.24. The van der Waals surface area contributed by atoms with Crippen molar-refractivity contribution in [1.29, 1.82) is 0 Å². The van der Waals surface area contributed by atoms with Crippen molar-refractivity contribution in [2.75, 3.05) is 32.0 Å². The van der Waals surface area contributed by atoms with E-state index in [-0.39, 0.29) is 12.5 Å². The van der Waals surface area contributed by atoms with E-state index in [2.05, 4.69) is 25.9 Å². The van der Waals surface area contributed by atoms with E-state index in [1.165, 1.54) is 21.3 Å². The second-order valence-corrected chi connectivity index (χ2v) is 8.00. The van der Waals surface area contributed by atoms with E-state index in [9.17, 15) is 9.59 Å². The molecule has 0 saturated heterocycles. The number of carbonyl (C=O) groups excluding carboxylic acids is 2. The zero-order valence-electron chi connectivity index (χ0n) is 20.3. The van der Waals surface area contributed by atoms with Crippen molar-refractivity contribution in [2.45, 2.75) is 26.4 Å². The largest absolute Gasteiger partial charge is 0.493 e. The molecule has 0 saturated carbocycles. The number of benzene rings is 2. The summed E-state index contributed by atoms with van der Waals surface area (Å²) in [4.78, 5) is 33.5. The van der Waals surface area contributed by atoms with Gasteiger partial charge in [-0.1, -0.05) is 26.0 Å². The second-order valence-electron chi connectivity index (χ2n) is 8.00. The number of fused-ring (bicyclic) bond motifs is 1. The molecule has 11 heteroatoms. The molecule has 3 amide bonds. The first-order valence-corrected chi connectivity index (χ1v) is 10.9. The van der Waals surface area contributed by atoms with Crippen LogP contribution in [0, 0.1) is 5.92 Å². The maximum absolute atomic E-state index is 12.6. The zero-order chi connectivity index (χ0) is 25.5. The summed E-state index contributed by atoms with van der Waals surface area (Å²) in [6, 6.07) is 9.52. The Bertz CT molecular complexity index is 1190. The molecule has 0 fully saturated rings. The lowest BCUT2D eigenvalue weighted by Crippen LogP contribution is -2.40. The van der Waals surface area contributed by atoms with Gasteiger partial charge in [-0.05, 0) is 18.1 Å². The van der Waals surface area contributed by atoms with Crippen LogP contribution in [0.3, 0.4) is 0 Å². The summed E-state index contributed by atoms with van der Waals surface area (Å²) < 4.78 is 15.9. The molecule has 3 aromatic rings. The Labute approximate surface area is 203 Å². The minimum atomic E-state index is -0.613. The molecule has 1 atom stereocenters. The number of urea groups is 1. The van der Waals surface area contributed by atoms with E-state index in [1.54, 1.807) is 12.1 Å². The molecule has 0 aliphatic carbocycles. The molecular formula is C24H30N6O5. The molecule has 11 nitrogen and oxygen atoms in total. The number of aromatic nitrogens is 2. The lowest BCUT2D eigenvalue weighted by atomic mass is 10.0. The van der Waals surface area contributed by atoms with Crippen LogP contribution >= 0.6 is 0 Å². The molecule has 35 heavy (non-hydrogen) atoms. The van der Waals surface area contributed by atoms with Gasteiger partial charge in [0.05, 0.1) is 39.1 Å². The van der Waals surface area contributed by atoms with E-state index in [4.69, 9.17) is 19.9 Å². The van der Waals surface area contributed by atoms with Crippen LogP contribution in [0.15, 0.2) is 36.4 Å². The van der Waals surface area contributed by atoms with E-state index in [0.29, 0.717) is 40.1 Å². The Hall–Kier alpha value is -4.28. The number of rotatable bonds is 10. The van der Waals surface area contributed by atoms with E-state index in [1.807, 2.05) is 38.1 Å². The molecule has 0 unspecified atom stereocenters. The quantitative estimate of drug-likeness (QED) is 0.345. The Morgan fingerprint density at radius 3 is 2.23 bits per heavy atom. The molecule has 0 radical (unpaired) electrons. The number of hydrogen-bond acceptors (Lipinski definition) is 8. The third kappa shape index (κ3) is 5.99. The first kappa shape index (κ1) is 25.3. The summed E-state index contributed by atoms with van der Waals surface area (Å²) in [5, 5.41) is 9.34. The Balaban J connectivity index is 1.79. The van der Waals surface area contributed by atoms with Gasteiger partial charge in [0.25, 0.3) is 0 Å². The number of hydrogen-bond donors (Lipinski definition) is 4. The molecular weight excluding hydrogens is 452 g/mol. The van der Waals surface area contributed by atoms with Gasteiger partial charge in [0.1, 0.15) is 11.9 Å². The molecule has 3 rings (SSSR count). The van der Waals surface area contributed by atoms with Crippen LogP contribution in [0.2, 0.25) is 0 Å². The molecule has 0 aliphatic rings. The number of para-hydroxylation sites is 1. The van der Waals surface area contributed by atoms with Gasteiger partial charge in [-0.25, -0.2) is 14.8 Å². The van der Waals surface area contributed by atoms with Crippen molar-refractivity contribution >= 4 is 34.3 Å². The van der Waals surface area contributed by atoms with Crippen molar-refractivity contribution in [3.63, 3.8) is 0 Å². The smallest absolute Gasteiger partial charge is 0.319 e. The number of anilines is 2. The molecule has 186 valence electrons. The monoisotopic (exact) mass is 482 g/mol. The number of ether oxygens (including phenoxy) is 3. The van der Waals surface area contributed by atoms with Crippen molar-refractivity contribution in [3.8, 4) is 17.2 Å². The topological polar surface area (TPSA) is 150 Å². The summed E-state index contributed by atoms with van der Waals surface area (Å²) in [5.74, 6) is 1.53. The highest BCUT2D eigenvalue weighted by Crippen LogP contribution is 2.39. The minimum Gasteiger partial charge on any atom is -0.493 e. The van der Waals surface area contributed by atoms with E-state index >= 15 is 0 Å². The predicted octanol–water partition coefficient (Wildman–Crippen LogP) is 2.90. The molecule has 5 N–H and O–H groups in total. The molecule has 0 bridgehead atoms. The van der Waals surface area contributed by atoms with Crippen LogP contribution in [0.25, 0.3) is 10.9 Å². The normalized spacial score (nSPS) is 11.6. The summed E-state index contributed by atoms with van der Waals surface area (Å²) in [5.41, 5.74) is 6.67. The van der Waals surface area contributed by atoms with Crippen molar-refractivity contribution in [3.05, 3.63) is 42.2 Å². The number of nitrogens with two attached hydrogens (primary N) is 1. The van der Waals surface area contributed by atoms with Crippen molar-refractivity contribution in [2.24, 2.45) is 11.7 Å². The number of nitrogens with one attached hydrogen (secondary N) is 3. The Morgan fingerprint density at radius 2 is 1.66 bits per heavy atom. The number of amides is 3. The highest BCUT2D eigenvalue weighted by Gasteiger charge is 2.21. The Kier molecular flexibility index (Phi) is 8.13. The number of carbonyl (C=O) groups is 2. The van der Waals surface area contributed by atoms with E-state index in [0.717, 1.165) is 5.39 Å². The fraction of sp³-hybridized carbons (Fsp3) is 0.333. The van der Waals surface area contributed by atoms with Crippen LogP contribution in [-0.4, -0.2) is 49.3 Å². The van der Waals surface area contributed by atoms with Gasteiger partial charge in [-0.2, -0.15) is 0 Å². The number of methoxy groups -OCH3 is 3. The highest BCUT2D eigenvalue weighted by atomic mass is 16.5. The zero-order valence-corrected chi connectivity index (χ0v) is 20.3. The van der Waals surface area contributed by atoms with Gasteiger partial charge in [0.2, 0.25) is 11.7 Å². The van der Waals surface area contributed by atoms with E-state index < -0.39 is 18.0 Å². The molecule has 1 heterocycles. The van der Waals surface area contributed by atoms with Gasteiger partial charge >= 0.3 is 6.03 Å². The van der Waals surface area contributed by atoms with Gasteiger partial charge < -0.3 is 35.9 Å². The van der Waals surface area contributed by atoms with Crippen molar-refractivity contribution < 1.29 is 23.8 Å². The fourth-order valence-electron chi connectivity index (χ4n) is 3.52. The molecule has 1 aromatic heterocycles. The van der Waals surface area contributed by atoms with Crippen LogP contribution in [-0.2, 0) is 11.3 Å². The summed E-state index contributed by atoms with van der Waals surface area (Å²) in [7, 11) is 4.48. The van der Waals surface area contributed by atoms with Gasteiger partial charge in [-0.15, -0.1) is 0 Å². The minimum absolute atomic E-state index is 0.0404. The second kappa shape index (κ2) is 11.2. The van der Waals surface area contributed by atoms with Crippen LogP contribution in [0.4, 0.5) is 16.3 Å². The average molecular weight is 483 g/mol. The first-order valence-electron chi connectivity index (χ1n) is 10.9. The number of primary amides is 1. The predicted molar refractivity (Wildman–Crippen MR) is 133 cm³/mol.